The van der Waals surface area contributed by atoms with Gasteiger partial charge in [-0.2, -0.15) is 0 Å². The van der Waals surface area contributed by atoms with Gasteiger partial charge in [0.1, 0.15) is 11.1 Å². The molecule has 1 atom stereocenters. The molecule has 3 heterocycles. The predicted octanol–water partition coefficient (Wildman–Crippen LogP) is 2.07. The quantitative estimate of drug-likeness (QED) is 0.544. The van der Waals surface area contributed by atoms with Gasteiger partial charge in [-0.3, -0.25) is 14.2 Å². The number of carbonyl (C=O) groups is 1. The number of para-hydroxylation sites is 1. The fourth-order valence-corrected chi connectivity index (χ4v) is 3.84. The van der Waals surface area contributed by atoms with Crippen LogP contribution in [0.25, 0.3) is 22.1 Å². The molecule has 2 aromatic heterocycles. The number of nitrogens with one attached hydrogen (secondary N) is 1. The molecule has 0 spiro atoms. The summed E-state index contributed by atoms with van der Waals surface area (Å²) in [6.07, 6.45) is 2.13. The number of ether oxygens (including phenoxy) is 1. The Morgan fingerprint density at radius 3 is 3.08 bits per heavy atom. The van der Waals surface area contributed by atoms with E-state index in [-0.39, 0.29) is 28.9 Å². The molecule has 7 nitrogen and oxygen atoms in total. The number of thioether (sulfide) groups is 1. The summed E-state index contributed by atoms with van der Waals surface area (Å²) >= 11 is 1.24. The summed E-state index contributed by atoms with van der Waals surface area (Å²) in [5, 5.41) is 4.16. The van der Waals surface area contributed by atoms with E-state index in [9.17, 15) is 9.59 Å². The molecule has 3 aromatic rings. The standard InChI is InChI=1S/C18H19N3O4S/c1-21-17(23)16-15(12-6-2-3-7-13(12)25-16)20-18(21)26-10-14(22)19-9-11-5-4-8-24-11/h2-3,6-7,11H,4-5,8-10H2,1H3,(H,19,22). The molecular formula is C18H19N3O4S. The Morgan fingerprint density at radius 2 is 2.27 bits per heavy atom. The van der Waals surface area contributed by atoms with Crippen LogP contribution in [0, 0.1) is 0 Å². The monoisotopic (exact) mass is 373 g/mol. The molecule has 136 valence electrons. The van der Waals surface area contributed by atoms with Crippen LogP contribution in [0.15, 0.2) is 38.6 Å². The molecular weight excluding hydrogens is 354 g/mol. The highest BCUT2D eigenvalue weighted by Crippen LogP contribution is 2.26. The number of rotatable bonds is 5. The number of hydrogen-bond donors (Lipinski definition) is 1. The average Bonchev–Trinajstić information content (AvgIpc) is 3.29. The van der Waals surface area contributed by atoms with Gasteiger partial charge >= 0.3 is 0 Å². The first-order valence-corrected chi connectivity index (χ1v) is 9.51. The van der Waals surface area contributed by atoms with Crippen LogP contribution in [-0.2, 0) is 16.6 Å². The molecule has 0 aliphatic carbocycles. The largest absolute Gasteiger partial charge is 0.448 e. The molecule has 1 aliphatic heterocycles. The first-order valence-electron chi connectivity index (χ1n) is 8.53. The van der Waals surface area contributed by atoms with E-state index in [4.69, 9.17) is 9.15 Å². The second-order valence-electron chi connectivity index (χ2n) is 6.26. The molecule has 0 radical (unpaired) electrons. The zero-order chi connectivity index (χ0) is 18.1. The maximum Gasteiger partial charge on any atom is 0.297 e. The van der Waals surface area contributed by atoms with Gasteiger partial charge < -0.3 is 14.5 Å². The van der Waals surface area contributed by atoms with E-state index in [2.05, 4.69) is 10.3 Å². The normalized spacial score (nSPS) is 17.2. The molecule has 8 heteroatoms. The second kappa shape index (κ2) is 7.13. The van der Waals surface area contributed by atoms with Gasteiger partial charge in [0, 0.05) is 25.6 Å². The van der Waals surface area contributed by atoms with Crippen molar-refractivity contribution in [1.29, 1.82) is 0 Å². The number of fused-ring (bicyclic) bond motifs is 3. The molecule has 1 unspecified atom stereocenters. The summed E-state index contributed by atoms with van der Waals surface area (Å²) < 4.78 is 12.6. The minimum atomic E-state index is -0.256. The smallest absolute Gasteiger partial charge is 0.297 e. The van der Waals surface area contributed by atoms with Crippen molar-refractivity contribution in [2.45, 2.75) is 24.1 Å². The molecule has 0 saturated carbocycles. The Balaban J connectivity index is 1.52. The Morgan fingerprint density at radius 1 is 1.42 bits per heavy atom. The summed E-state index contributed by atoms with van der Waals surface area (Å²) in [6.45, 7) is 1.29. The highest BCUT2D eigenvalue weighted by molar-refractivity contribution is 7.99. The van der Waals surface area contributed by atoms with Gasteiger partial charge in [0.25, 0.3) is 5.56 Å². The van der Waals surface area contributed by atoms with E-state index in [0.29, 0.717) is 22.8 Å². The lowest BCUT2D eigenvalue weighted by molar-refractivity contribution is -0.119. The van der Waals surface area contributed by atoms with Gasteiger partial charge in [0.2, 0.25) is 11.5 Å². The van der Waals surface area contributed by atoms with Crippen LogP contribution in [-0.4, -0.2) is 40.5 Å². The van der Waals surface area contributed by atoms with Gasteiger partial charge in [0.05, 0.1) is 11.9 Å². The molecule has 1 saturated heterocycles. The first-order chi connectivity index (χ1) is 12.6. The third-order valence-corrected chi connectivity index (χ3v) is 5.48. The minimum absolute atomic E-state index is 0.100. The molecule has 0 bridgehead atoms. The topological polar surface area (TPSA) is 86.4 Å². The third kappa shape index (κ3) is 3.22. The van der Waals surface area contributed by atoms with Gasteiger partial charge in [-0.25, -0.2) is 4.98 Å². The molecule has 1 N–H and O–H groups in total. The minimum Gasteiger partial charge on any atom is -0.448 e. The summed E-state index contributed by atoms with van der Waals surface area (Å²) in [5.74, 6) is 0.0887. The Hall–Kier alpha value is -2.32. The first kappa shape index (κ1) is 17.1. The highest BCUT2D eigenvalue weighted by atomic mass is 32.2. The van der Waals surface area contributed by atoms with Crippen LogP contribution in [0.4, 0.5) is 0 Å². The highest BCUT2D eigenvalue weighted by Gasteiger charge is 2.18. The number of furan rings is 1. The Bertz CT molecular complexity index is 1020. The van der Waals surface area contributed by atoms with Crippen LogP contribution < -0.4 is 10.9 Å². The van der Waals surface area contributed by atoms with Crippen molar-refractivity contribution < 1.29 is 13.9 Å². The van der Waals surface area contributed by atoms with Crippen LogP contribution in [0.3, 0.4) is 0 Å². The number of carbonyl (C=O) groups excluding carboxylic acids is 1. The van der Waals surface area contributed by atoms with Crippen molar-refractivity contribution in [2.24, 2.45) is 7.05 Å². The SMILES string of the molecule is Cn1c(SCC(=O)NCC2CCCO2)nc2c(oc3ccccc32)c1=O. The number of benzene rings is 1. The van der Waals surface area contributed by atoms with Crippen molar-refractivity contribution in [1.82, 2.24) is 14.9 Å². The fourth-order valence-electron chi connectivity index (χ4n) is 3.04. The van der Waals surface area contributed by atoms with Crippen molar-refractivity contribution in [3.8, 4) is 0 Å². The molecule has 1 fully saturated rings. The van der Waals surface area contributed by atoms with E-state index in [0.717, 1.165) is 24.8 Å². The lowest BCUT2D eigenvalue weighted by Crippen LogP contribution is -2.33. The summed E-state index contributed by atoms with van der Waals surface area (Å²) in [4.78, 5) is 29.2. The fraction of sp³-hybridized carbons (Fsp3) is 0.389. The van der Waals surface area contributed by atoms with Gasteiger partial charge in [-0.05, 0) is 25.0 Å². The van der Waals surface area contributed by atoms with E-state index in [1.54, 1.807) is 7.05 Å². The van der Waals surface area contributed by atoms with Crippen LogP contribution in [0.2, 0.25) is 0 Å². The van der Waals surface area contributed by atoms with Crippen molar-refractivity contribution in [3.63, 3.8) is 0 Å². The molecule has 26 heavy (non-hydrogen) atoms. The van der Waals surface area contributed by atoms with Gasteiger partial charge in [0.15, 0.2) is 5.16 Å². The molecule has 1 aromatic carbocycles. The number of amides is 1. The molecule has 4 rings (SSSR count). The van der Waals surface area contributed by atoms with Crippen molar-refractivity contribution >= 4 is 39.7 Å². The summed E-state index contributed by atoms with van der Waals surface area (Å²) in [7, 11) is 1.63. The Labute approximate surface area is 153 Å². The van der Waals surface area contributed by atoms with Crippen molar-refractivity contribution in [2.75, 3.05) is 18.9 Å². The van der Waals surface area contributed by atoms with Crippen molar-refractivity contribution in [3.05, 3.63) is 34.6 Å². The lowest BCUT2D eigenvalue weighted by atomic mass is 10.2. The molecule has 1 aliphatic rings. The van der Waals surface area contributed by atoms with Gasteiger partial charge in [-0.15, -0.1) is 0 Å². The average molecular weight is 373 g/mol. The number of nitrogens with zero attached hydrogens (tertiary/aromatic N) is 2. The predicted molar refractivity (Wildman–Crippen MR) is 99.5 cm³/mol. The number of aromatic nitrogens is 2. The van der Waals surface area contributed by atoms with Crippen LogP contribution in [0.1, 0.15) is 12.8 Å². The summed E-state index contributed by atoms with van der Waals surface area (Å²) in [5.41, 5.74) is 1.14. The Kier molecular flexibility index (Phi) is 4.69. The maximum atomic E-state index is 12.6. The zero-order valence-electron chi connectivity index (χ0n) is 14.4. The maximum absolute atomic E-state index is 12.6. The second-order valence-corrected chi connectivity index (χ2v) is 7.20. The zero-order valence-corrected chi connectivity index (χ0v) is 15.2. The van der Waals surface area contributed by atoms with Crippen LogP contribution >= 0.6 is 11.8 Å². The van der Waals surface area contributed by atoms with E-state index in [1.165, 1.54) is 16.3 Å². The van der Waals surface area contributed by atoms with Gasteiger partial charge in [-0.1, -0.05) is 23.9 Å². The summed E-state index contributed by atoms with van der Waals surface area (Å²) in [6, 6.07) is 7.41. The number of hydrogen-bond acceptors (Lipinski definition) is 6. The van der Waals surface area contributed by atoms with Crippen LogP contribution in [0.5, 0.6) is 0 Å². The molecule has 1 amide bonds. The lowest BCUT2D eigenvalue weighted by Gasteiger charge is -2.11. The van der Waals surface area contributed by atoms with E-state index < -0.39 is 0 Å². The van der Waals surface area contributed by atoms with E-state index in [1.807, 2.05) is 24.3 Å². The third-order valence-electron chi connectivity index (χ3n) is 4.45. The van der Waals surface area contributed by atoms with E-state index >= 15 is 0 Å².